The average Bonchev–Trinajstić information content (AvgIpc) is 3.09. The molecule has 2 aliphatic rings. The summed E-state index contributed by atoms with van der Waals surface area (Å²) in [6.07, 6.45) is 1.85. The fourth-order valence-electron chi connectivity index (χ4n) is 3.14. The van der Waals surface area contributed by atoms with Crippen LogP contribution in [-0.2, 0) is 9.59 Å². The fourth-order valence-corrected chi connectivity index (χ4v) is 3.14. The van der Waals surface area contributed by atoms with Crippen LogP contribution in [0.2, 0.25) is 0 Å². The Kier molecular flexibility index (Phi) is 3.83. The van der Waals surface area contributed by atoms with Crippen LogP contribution in [0.3, 0.4) is 0 Å². The Bertz CT molecular complexity index is 602. The highest BCUT2D eigenvalue weighted by Gasteiger charge is 2.37. The predicted octanol–water partition coefficient (Wildman–Crippen LogP) is 1.24. The summed E-state index contributed by atoms with van der Waals surface area (Å²) in [5, 5.41) is 0. The van der Waals surface area contributed by atoms with Crippen molar-refractivity contribution in [1.29, 1.82) is 0 Å². The van der Waals surface area contributed by atoms with Gasteiger partial charge in [-0.3, -0.25) is 14.5 Å². The zero-order valence-electron chi connectivity index (χ0n) is 12.6. The first-order chi connectivity index (χ1) is 10.6. The summed E-state index contributed by atoms with van der Waals surface area (Å²) in [5.74, 6) is -0.473. The van der Waals surface area contributed by atoms with Gasteiger partial charge >= 0.3 is 6.03 Å². The molecule has 4 amide bonds. The molecule has 0 N–H and O–H groups in total. The molecule has 2 fully saturated rings. The number of nitrogens with zero attached hydrogens (tertiary/aromatic N) is 3. The molecule has 6 heteroatoms. The molecule has 116 valence electrons. The minimum atomic E-state index is -0.395. The zero-order valence-corrected chi connectivity index (χ0v) is 12.6. The normalized spacial score (nSPS) is 21.9. The van der Waals surface area contributed by atoms with E-state index in [0.717, 1.165) is 23.3 Å². The number of rotatable bonds is 3. The van der Waals surface area contributed by atoms with E-state index in [9.17, 15) is 14.4 Å². The number of hydrogen-bond acceptors (Lipinski definition) is 3. The smallest absolute Gasteiger partial charge is 0.327 e. The minimum absolute atomic E-state index is 0.0410. The highest BCUT2D eigenvalue weighted by Crippen LogP contribution is 2.31. The van der Waals surface area contributed by atoms with Crippen LogP contribution < -0.4 is 0 Å². The molecular weight excluding hydrogens is 282 g/mol. The van der Waals surface area contributed by atoms with Crippen molar-refractivity contribution in [1.82, 2.24) is 14.7 Å². The Labute approximate surface area is 129 Å². The van der Waals surface area contributed by atoms with Gasteiger partial charge in [-0.25, -0.2) is 4.79 Å². The SMILES string of the molecule is CN1CC(=O)N(CC(=O)N2CCCC2c2ccccc2)C1=O. The Morgan fingerprint density at radius 3 is 2.59 bits per heavy atom. The van der Waals surface area contributed by atoms with E-state index in [-0.39, 0.29) is 30.9 Å². The maximum Gasteiger partial charge on any atom is 0.327 e. The third-order valence-corrected chi connectivity index (χ3v) is 4.28. The highest BCUT2D eigenvalue weighted by atomic mass is 16.2. The molecule has 0 aliphatic carbocycles. The van der Waals surface area contributed by atoms with E-state index in [4.69, 9.17) is 0 Å². The first-order valence-corrected chi connectivity index (χ1v) is 7.48. The lowest BCUT2D eigenvalue weighted by atomic mass is 10.0. The van der Waals surface area contributed by atoms with Gasteiger partial charge in [0.1, 0.15) is 13.1 Å². The maximum atomic E-state index is 12.5. The van der Waals surface area contributed by atoms with E-state index in [1.54, 1.807) is 11.9 Å². The predicted molar refractivity (Wildman–Crippen MR) is 79.9 cm³/mol. The Hall–Kier alpha value is -2.37. The van der Waals surface area contributed by atoms with E-state index >= 15 is 0 Å². The van der Waals surface area contributed by atoms with Gasteiger partial charge in [0, 0.05) is 13.6 Å². The Morgan fingerprint density at radius 1 is 1.23 bits per heavy atom. The number of likely N-dealkylation sites (tertiary alicyclic amines) is 1. The first kappa shape index (κ1) is 14.6. The van der Waals surface area contributed by atoms with Gasteiger partial charge in [-0.15, -0.1) is 0 Å². The summed E-state index contributed by atoms with van der Waals surface area (Å²) in [6.45, 7) is 0.560. The van der Waals surface area contributed by atoms with Crippen LogP contribution in [0.5, 0.6) is 0 Å². The van der Waals surface area contributed by atoms with Gasteiger partial charge < -0.3 is 9.80 Å². The van der Waals surface area contributed by atoms with Crippen molar-refractivity contribution in [2.75, 3.05) is 26.7 Å². The van der Waals surface area contributed by atoms with Crippen LogP contribution in [0.15, 0.2) is 30.3 Å². The van der Waals surface area contributed by atoms with Gasteiger partial charge in [-0.05, 0) is 18.4 Å². The van der Waals surface area contributed by atoms with E-state index in [1.165, 1.54) is 4.90 Å². The molecule has 0 bridgehead atoms. The van der Waals surface area contributed by atoms with E-state index in [0.29, 0.717) is 6.54 Å². The maximum absolute atomic E-state index is 12.5. The summed E-state index contributed by atoms with van der Waals surface area (Å²) < 4.78 is 0. The van der Waals surface area contributed by atoms with Crippen LogP contribution in [0.4, 0.5) is 4.79 Å². The van der Waals surface area contributed by atoms with Gasteiger partial charge in [0.05, 0.1) is 6.04 Å². The third-order valence-electron chi connectivity index (χ3n) is 4.28. The highest BCUT2D eigenvalue weighted by molar-refractivity contribution is 6.04. The molecular formula is C16H19N3O3. The van der Waals surface area contributed by atoms with Crippen LogP contribution in [0.25, 0.3) is 0 Å². The van der Waals surface area contributed by atoms with Gasteiger partial charge in [0.25, 0.3) is 5.91 Å². The lowest BCUT2D eigenvalue weighted by molar-refractivity contribution is -0.137. The summed E-state index contributed by atoms with van der Waals surface area (Å²) in [6, 6.07) is 9.53. The molecule has 6 nitrogen and oxygen atoms in total. The molecule has 0 aromatic heterocycles. The van der Waals surface area contributed by atoms with Crippen LogP contribution in [0.1, 0.15) is 24.4 Å². The molecule has 1 atom stereocenters. The zero-order chi connectivity index (χ0) is 15.7. The first-order valence-electron chi connectivity index (χ1n) is 7.48. The summed E-state index contributed by atoms with van der Waals surface area (Å²) >= 11 is 0. The Balaban J connectivity index is 1.72. The quantitative estimate of drug-likeness (QED) is 0.789. The van der Waals surface area contributed by atoms with Crippen LogP contribution >= 0.6 is 0 Å². The second-order valence-corrected chi connectivity index (χ2v) is 5.77. The summed E-state index contributed by atoms with van der Waals surface area (Å²) in [5.41, 5.74) is 1.10. The van der Waals surface area contributed by atoms with Crippen molar-refractivity contribution in [3.05, 3.63) is 35.9 Å². The monoisotopic (exact) mass is 301 g/mol. The molecule has 1 aromatic carbocycles. The van der Waals surface area contributed by atoms with Gasteiger partial charge in [0.2, 0.25) is 5.91 Å². The molecule has 3 rings (SSSR count). The number of carbonyl (C=O) groups excluding carboxylic acids is 3. The molecule has 2 aliphatic heterocycles. The minimum Gasteiger partial charge on any atom is -0.334 e. The summed E-state index contributed by atoms with van der Waals surface area (Å²) in [7, 11) is 1.56. The van der Waals surface area contributed by atoms with Gasteiger partial charge in [-0.2, -0.15) is 0 Å². The molecule has 0 saturated carbocycles. The van der Waals surface area contributed by atoms with Crippen molar-refractivity contribution in [2.24, 2.45) is 0 Å². The number of amides is 4. The number of benzene rings is 1. The van der Waals surface area contributed by atoms with Crippen molar-refractivity contribution >= 4 is 17.8 Å². The number of urea groups is 1. The largest absolute Gasteiger partial charge is 0.334 e. The number of carbonyl (C=O) groups is 3. The molecule has 1 unspecified atom stereocenters. The standard InChI is InChI=1S/C16H19N3O3/c1-17-10-14(20)19(16(17)22)11-15(21)18-9-5-8-13(18)12-6-3-2-4-7-12/h2-4,6-7,13H,5,8-11H2,1H3. The van der Waals surface area contributed by atoms with E-state index in [1.807, 2.05) is 30.3 Å². The molecule has 2 heterocycles. The van der Waals surface area contributed by atoms with Crippen LogP contribution in [0, 0.1) is 0 Å². The van der Waals surface area contributed by atoms with Crippen molar-refractivity contribution in [3.8, 4) is 0 Å². The molecule has 0 radical (unpaired) electrons. The van der Waals surface area contributed by atoms with Gasteiger partial charge in [0.15, 0.2) is 0 Å². The van der Waals surface area contributed by atoms with Crippen LogP contribution in [-0.4, -0.2) is 59.2 Å². The molecule has 1 aromatic rings. The number of likely N-dealkylation sites (N-methyl/N-ethyl adjacent to an activating group) is 1. The van der Waals surface area contributed by atoms with E-state index < -0.39 is 6.03 Å². The van der Waals surface area contributed by atoms with E-state index in [2.05, 4.69) is 0 Å². The topological polar surface area (TPSA) is 60.9 Å². The average molecular weight is 301 g/mol. The second kappa shape index (κ2) is 5.79. The number of imide groups is 1. The van der Waals surface area contributed by atoms with Crippen molar-refractivity contribution in [2.45, 2.75) is 18.9 Å². The van der Waals surface area contributed by atoms with Crippen molar-refractivity contribution < 1.29 is 14.4 Å². The number of hydrogen-bond donors (Lipinski definition) is 0. The molecule has 22 heavy (non-hydrogen) atoms. The van der Waals surface area contributed by atoms with Gasteiger partial charge in [-0.1, -0.05) is 30.3 Å². The molecule has 0 spiro atoms. The fraction of sp³-hybridized carbons (Fsp3) is 0.438. The molecule has 2 saturated heterocycles. The lowest BCUT2D eigenvalue weighted by Crippen LogP contribution is -2.43. The Morgan fingerprint density at radius 2 is 1.95 bits per heavy atom. The lowest BCUT2D eigenvalue weighted by Gasteiger charge is -2.26. The third kappa shape index (κ3) is 2.56. The second-order valence-electron chi connectivity index (χ2n) is 5.77. The summed E-state index contributed by atoms with van der Waals surface area (Å²) in [4.78, 5) is 40.4. The van der Waals surface area contributed by atoms with Crippen molar-refractivity contribution in [3.63, 3.8) is 0 Å².